The summed E-state index contributed by atoms with van der Waals surface area (Å²) in [5.74, 6) is -0.168. The number of hydrogen-bond acceptors (Lipinski definition) is 2. The molecule has 4 heteroatoms. The van der Waals surface area contributed by atoms with Gasteiger partial charge in [0, 0.05) is 11.4 Å². The topological polar surface area (TPSA) is 42.0 Å². The zero-order valence-corrected chi connectivity index (χ0v) is 11.8. The average molecular weight is 305 g/mol. The number of nitrogens with zero attached hydrogens (tertiary/aromatic N) is 1. The Balaban J connectivity index is 2.19. The number of aromatic nitrogens is 1. The Morgan fingerprint density at radius 1 is 1.11 bits per heavy atom. The second kappa shape index (κ2) is 5.31. The van der Waals surface area contributed by atoms with Crippen molar-refractivity contribution in [2.45, 2.75) is 13.8 Å². The van der Waals surface area contributed by atoms with Gasteiger partial charge in [0.1, 0.15) is 4.60 Å². The van der Waals surface area contributed by atoms with E-state index < -0.39 is 0 Å². The van der Waals surface area contributed by atoms with Crippen molar-refractivity contribution in [2.75, 3.05) is 5.32 Å². The Bertz CT molecular complexity index is 579. The van der Waals surface area contributed by atoms with Crippen LogP contribution in [0.5, 0.6) is 0 Å². The Labute approximate surface area is 114 Å². The summed E-state index contributed by atoms with van der Waals surface area (Å²) in [6.07, 6.45) is 0. The molecule has 2 rings (SSSR count). The molecule has 2 aromatic rings. The normalized spacial score (nSPS) is 10.2. The Morgan fingerprint density at radius 2 is 1.78 bits per heavy atom. The van der Waals surface area contributed by atoms with E-state index >= 15 is 0 Å². The molecule has 0 aliphatic rings. The molecule has 3 nitrogen and oxygen atoms in total. The number of carbonyl (C=O) groups excluding carboxylic acids is 1. The number of amides is 1. The van der Waals surface area contributed by atoms with Crippen LogP contribution in [0.3, 0.4) is 0 Å². The number of halogens is 1. The third kappa shape index (κ3) is 2.96. The highest BCUT2D eigenvalue weighted by Gasteiger charge is 2.11. The predicted molar refractivity (Wildman–Crippen MR) is 75.8 cm³/mol. The lowest BCUT2D eigenvalue weighted by molar-refractivity contribution is 0.102. The van der Waals surface area contributed by atoms with E-state index in [4.69, 9.17) is 0 Å². The highest BCUT2D eigenvalue weighted by Crippen LogP contribution is 2.17. The van der Waals surface area contributed by atoms with Crippen LogP contribution < -0.4 is 5.32 Å². The van der Waals surface area contributed by atoms with Crippen molar-refractivity contribution < 1.29 is 4.79 Å². The summed E-state index contributed by atoms with van der Waals surface area (Å²) >= 11 is 3.30. The molecule has 0 aliphatic carbocycles. The lowest BCUT2D eigenvalue weighted by Gasteiger charge is -2.07. The Kier molecular flexibility index (Phi) is 3.77. The molecule has 1 aromatic carbocycles. The van der Waals surface area contributed by atoms with Crippen molar-refractivity contribution in [3.63, 3.8) is 0 Å². The van der Waals surface area contributed by atoms with Crippen molar-refractivity contribution in [1.29, 1.82) is 0 Å². The fourth-order valence-electron chi connectivity index (χ4n) is 1.53. The largest absolute Gasteiger partial charge is 0.322 e. The Hall–Kier alpha value is -1.68. The highest BCUT2D eigenvalue weighted by molar-refractivity contribution is 9.10. The predicted octanol–water partition coefficient (Wildman–Crippen LogP) is 3.71. The summed E-state index contributed by atoms with van der Waals surface area (Å²) in [7, 11) is 0. The van der Waals surface area contributed by atoms with Crippen LogP contribution in [0.4, 0.5) is 5.69 Å². The minimum absolute atomic E-state index is 0.168. The summed E-state index contributed by atoms with van der Waals surface area (Å²) in [6.45, 7) is 3.89. The van der Waals surface area contributed by atoms with E-state index in [9.17, 15) is 4.79 Å². The van der Waals surface area contributed by atoms with Gasteiger partial charge >= 0.3 is 0 Å². The first-order valence-electron chi connectivity index (χ1n) is 5.57. The van der Waals surface area contributed by atoms with E-state index in [-0.39, 0.29) is 5.91 Å². The molecule has 0 saturated carbocycles. The van der Waals surface area contributed by atoms with Gasteiger partial charge in [0.15, 0.2) is 0 Å². The Morgan fingerprint density at radius 3 is 2.39 bits per heavy atom. The molecule has 0 fully saturated rings. The molecule has 92 valence electrons. The number of pyridine rings is 1. The molecular weight excluding hydrogens is 292 g/mol. The molecule has 1 heterocycles. The second-order valence-electron chi connectivity index (χ2n) is 4.11. The summed E-state index contributed by atoms with van der Waals surface area (Å²) < 4.78 is 0.562. The van der Waals surface area contributed by atoms with Crippen LogP contribution in [0.2, 0.25) is 0 Å². The molecule has 0 unspecified atom stereocenters. The van der Waals surface area contributed by atoms with Crippen molar-refractivity contribution in [2.24, 2.45) is 0 Å². The lowest BCUT2D eigenvalue weighted by Crippen LogP contribution is -2.13. The van der Waals surface area contributed by atoms with E-state index in [1.54, 1.807) is 6.07 Å². The highest BCUT2D eigenvalue weighted by atomic mass is 79.9. The number of anilines is 1. The van der Waals surface area contributed by atoms with Crippen LogP contribution in [-0.2, 0) is 0 Å². The minimum atomic E-state index is -0.168. The van der Waals surface area contributed by atoms with Gasteiger partial charge in [0.2, 0.25) is 0 Å². The molecule has 0 atom stereocenters. The van der Waals surface area contributed by atoms with Gasteiger partial charge < -0.3 is 5.32 Å². The number of carbonyl (C=O) groups is 1. The molecule has 1 aromatic heterocycles. The van der Waals surface area contributed by atoms with Gasteiger partial charge in [0.05, 0.1) is 5.56 Å². The van der Waals surface area contributed by atoms with E-state index in [1.807, 2.05) is 44.2 Å². The summed E-state index contributed by atoms with van der Waals surface area (Å²) in [5, 5.41) is 2.84. The van der Waals surface area contributed by atoms with Crippen LogP contribution in [0.1, 0.15) is 21.6 Å². The van der Waals surface area contributed by atoms with Crippen LogP contribution in [-0.4, -0.2) is 10.9 Å². The number of hydrogen-bond donors (Lipinski definition) is 1. The van der Waals surface area contributed by atoms with Gasteiger partial charge in [-0.2, -0.15) is 0 Å². The number of benzene rings is 1. The first-order chi connectivity index (χ1) is 8.56. The van der Waals surface area contributed by atoms with E-state index in [0.29, 0.717) is 10.2 Å². The van der Waals surface area contributed by atoms with Gasteiger partial charge in [-0.15, -0.1) is 0 Å². The second-order valence-corrected chi connectivity index (χ2v) is 4.86. The quantitative estimate of drug-likeness (QED) is 0.859. The van der Waals surface area contributed by atoms with Crippen molar-refractivity contribution in [3.05, 3.63) is 57.8 Å². The molecule has 0 aliphatic heterocycles. The number of nitrogens with one attached hydrogen (secondary N) is 1. The lowest BCUT2D eigenvalue weighted by atomic mass is 10.2. The molecule has 0 saturated heterocycles. The number of aryl methyl sites for hydroxylation is 2. The molecular formula is C14H13BrN2O. The maximum Gasteiger partial charge on any atom is 0.258 e. The number of rotatable bonds is 2. The fourth-order valence-corrected chi connectivity index (χ4v) is 2.12. The minimum Gasteiger partial charge on any atom is -0.322 e. The first-order valence-corrected chi connectivity index (χ1v) is 6.37. The molecule has 0 bridgehead atoms. The van der Waals surface area contributed by atoms with Gasteiger partial charge in [-0.25, -0.2) is 4.98 Å². The van der Waals surface area contributed by atoms with Crippen molar-refractivity contribution in [1.82, 2.24) is 4.98 Å². The molecule has 1 amide bonds. The van der Waals surface area contributed by atoms with E-state index in [0.717, 1.165) is 16.9 Å². The smallest absolute Gasteiger partial charge is 0.258 e. The standard InChI is InChI=1S/C14H13BrN2O/c1-9-3-6-11(7-4-9)17-14(18)12-8-5-10(2)16-13(12)15/h3-8H,1-2H3,(H,17,18). The van der Waals surface area contributed by atoms with Crippen molar-refractivity contribution >= 4 is 27.5 Å². The van der Waals surface area contributed by atoms with Crippen LogP contribution in [0.25, 0.3) is 0 Å². The van der Waals surface area contributed by atoms with Crippen LogP contribution >= 0.6 is 15.9 Å². The summed E-state index contributed by atoms with van der Waals surface area (Å²) in [4.78, 5) is 16.3. The zero-order chi connectivity index (χ0) is 13.1. The zero-order valence-electron chi connectivity index (χ0n) is 10.2. The molecule has 0 radical (unpaired) electrons. The maximum atomic E-state index is 12.1. The van der Waals surface area contributed by atoms with Gasteiger partial charge in [-0.3, -0.25) is 4.79 Å². The third-order valence-corrected chi connectivity index (χ3v) is 3.15. The SMILES string of the molecule is Cc1ccc(NC(=O)c2ccc(C)nc2Br)cc1. The monoisotopic (exact) mass is 304 g/mol. The van der Waals surface area contributed by atoms with Crippen LogP contribution in [0, 0.1) is 13.8 Å². The van der Waals surface area contributed by atoms with E-state index in [1.165, 1.54) is 0 Å². The van der Waals surface area contributed by atoms with Gasteiger partial charge in [-0.1, -0.05) is 17.7 Å². The average Bonchev–Trinajstić information content (AvgIpc) is 2.32. The molecule has 0 spiro atoms. The molecule has 1 N–H and O–H groups in total. The van der Waals surface area contributed by atoms with Crippen LogP contribution in [0.15, 0.2) is 41.0 Å². The molecule has 18 heavy (non-hydrogen) atoms. The summed E-state index contributed by atoms with van der Waals surface area (Å²) in [5.41, 5.74) is 3.33. The van der Waals surface area contributed by atoms with Gasteiger partial charge in [-0.05, 0) is 54.0 Å². The van der Waals surface area contributed by atoms with Gasteiger partial charge in [0.25, 0.3) is 5.91 Å². The fraction of sp³-hybridized carbons (Fsp3) is 0.143. The first kappa shape index (κ1) is 12.8. The van der Waals surface area contributed by atoms with Crippen molar-refractivity contribution in [3.8, 4) is 0 Å². The third-order valence-electron chi connectivity index (χ3n) is 2.54. The maximum absolute atomic E-state index is 12.1. The summed E-state index contributed by atoms with van der Waals surface area (Å²) in [6, 6.07) is 11.2. The van der Waals surface area contributed by atoms with E-state index in [2.05, 4.69) is 26.2 Å².